The van der Waals surface area contributed by atoms with Gasteiger partial charge in [0.25, 0.3) is 11.8 Å². The number of halogens is 3. The van der Waals surface area contributed by atoms with Gasteiger partial charge in [0.1, 0.15) is 0 Å². The van der Waals surface area contributed by atoms with Gasteiger partial charge in [0.2, 0.25) is 0 Å². The monoisotopic (exact) mass is 611 g/mol. The molecular weight excluding hydrogens is 587 g/mol. The molecule has 1 aliphatic heterocycles. The van der Waals surface area contributed by atoms with Crippen LogP contribution in [0.15, 0.2) is 91.5 Å². The molecule has 0 radical (unpaired) electrons. The van der Waals surface area contributed by atoms with Crippen molar-refractivity contribution >= 4 is 52.2 Å². The zero-order valence-electron chi connectivity index (χ0n) is 23.5. The van der Waals surface area contributed by atoms with E-state index in [2.05, 4.69) is 31.2 Å². The molecule has 45 heavy (non-hydrogen) atoms. The van der Waals surface area contributed by atoms with Crippen molar-refractivity contribution in [2.24, 2.45) is 0 Å². The standard InChI is InChI=1S/C32H24F3N7O3/c1-18-16-42(17-37-18)25-11-19(10-20(12-25)32(33,34)35)29(43)38-22-4-2-5-23(13-22)39-31(45)40-24-7-8-26-27(14-21-6-3-9-36-21)30(44)41-28(26)15-24/h2-17,36H,1H3,(H,38,43)(H,41,44)(H2,39,40,45)/b27-14-. The van der Waals surface area contributed by atoms with Crippen molar-refractivity contribution in [1.29, 1.82) is 0 Å². The second-order valence-electron chi connectivity index (χ2n) is 10.2. The Morgan fingerprint density at radius 1 is 0.911 bits per heavy atom. The molecule has 0 saturated carbocycles. The van der Waals surface area contributed by atoms with Crippen LogP contribution >= 0.6 is 0 Å². The highest BCUT2D eigenvalue weighted by Gasteiger charge is 2.32. The minimum atomic E-state index is -4.68. The van der Waals surface area contributed by atoms with Gasteiger partial charge in [0.05, 0.1) is 28.8 Å². The first kappa shape index (κ1) is 29.0. The summed E-state index contributed by atoms with van der Waals surface area (Å²) in [5, 5.41) is 10.7. The van der Waals surface area contributed by atoms with E-state index in [1.54, 1.807) is 55.7 Å². The number of alkyl halides is 3. The maximum Gasteiger partial charge on any atom is 0.416 e. The van der Waals surface area contributed by atoms with Crippen LogP contribution in [-0.4, -0.2) is 32.4 Å². The molecule has 5 N–H and O–H groups in total. The Labute approximate surface area is 254 Å². The molecule has 10 nitrogen and oxygen atoms in total. The van der Waals surface area contributed by atoms with E-state index in [-0.39, 0.29) is 22.8 Å². The molecule has 13 heteroatoms. The number of urea groups is 1. The summed E-state index contributed by atoms with van der Waals surface area (Å²) < 4.78 is 42.3. The SMILES string of the molecule is Cc1cn(-c2cc(C(=O)Nc3cccc(NC(=O)Nc4ccc5c(c4)NC(=O)/C5=C\c4ccc[nH]4)c3)cc(C(F)(F)F)c2)cn1. The Bertz CT molecular complexity index is 1980. The van der Waals surface area contributed by atoms with Gasteiger partial charge < -0.3 is 30.8 Å². The van der Waals surface area contributed by atoms with Crippen LogP contribution in [0.4, 0.5) is 40.7 Å². The zero-order valence-corrected chi connectivity index (χ0v) is 23.5. The van der Waals surface area contributed by atoms with Gasteiger partial charge in [-0.1, -0.05) is 12.1 Å². The lowest BCUT2D eigenvalue weighted by Crippen LogP contribution is -2.20. The van der Waals surface area contributed by atoms with Crippen LogP contribution in [0, 0.1) is 6.92 Å². The smallest absolute Gasteiger partial charge is 0.362 e. The summed E-state index contributed by atoms with van der Waals surface area (Å²) in [4.78, 5) is 45.4. The largest absolute Gasteiger partial charge is 0.416 e. The first-order chi connectivity index (χ1) is 21.5. The molecule has 0 fully saturated rings. The van der Waals surface area contributed by atoms with Crippen molar-refractivity contribution in [3.8, 4) is 5.69 Å². The van der Waals surface area contributed by atoms with E-state index in [0.717, 1.165) is 17.8 Å². The fourth-order valence-corrected chi connectivity index (χ4v) is 4.79. The number of hydrogen-bond acceptors (Lipinski definition) is 4. The van der Waals surface area contributed by atoms with Gasteiger partial charge in [-0.2, -0.15) is 13.2 Å². The second-order valence-corrected chi connectivity index (χ2v) is 10.2. The Balaban J connectivity index is 1.14. The topological polar surface area (TPSA) is 133 Å². The molecule has 0 spiro atoms. The minimum Gasteiger partial charge on any atom is -0.362 e. The van der Waals surface area contributed by atoms with E-state index in [4.69, 9.17) is 0 Å². The lowest BCUT2D eigenvalue weighted by atomic mass is 10.1. The number of rotatable bonds is 6. The average Bonchev–Trinajstić information content (AvgIpc) is 3.73. The summed E-state index contributed by atoms with van der Waals surface area (Å²) in [6, 6.07) is 17.3. The van der Waals surface area contributed by atoms with E-state index in [1.165, 1.54) is 29.1 Å². The van der Waals surface area contributed by atoms with E-state index >= 15 is 0 Å². The number of fused-ring (bicyclic) bond motifs is 1. The van der Waals surface area contributed by atoms with E-state index < -0.39 is 23.7 Å². The highest BCUT2D eigenvalue weighted by Crippen LogP contribution is 2.35. The number of aryl methyl sites for hydroxylation is 1. The van der Waals surface area contributed by atoms with Gasteiger partial charge in [-0.15, -0.1) is 0 Å². The van der Waals surface area contributed by atoms with Gasteiger partial charge in [0.15, 0.2) is 0 Å². The van der Waals surface area contributed by atoms with Gasteiger partial charge >= 0.3 is 12.2 Å². The fraction of sp³-hybridized carbons (Fsp3) is 0.0625. The molecule has 2 aromatic heterocycles. The van der Waals surface area contributed by atoms with Gasteiger partial charge in [-0.3, -0.25) is 9.59 Å². The predicted molar refractivity (Wildman–Crippen MR) is 164 cm³/mol. The van der Waals surface area contributed by atoms with E-state index in [1.807, 2.05) is 12.1 Å². The van der Waals surface area contributed by atoms with Crippen molar-refractivity contribution in [2.45, 2.75) is 13.1 Å². The summed E-state index contributed by atoms with van der Waals surface area (Å²) in [5.41, 5.74) is 3.01. The number of benzene rings is 3. The van der Waals surface area contributed by atoms with Crippen LogP contribution < -0.4 is 21.3 Å². The van der Waals surface area contributed by atoms with E-state index in [9.17, 15) is 27.6 Å². The Hall–Kier alpha value is -6.11. The summed E-state index contributed by atoms with van der Waals surface area (Å²) in [6.45, 7) is 1.70. The fourth-order valence-electron chi connectivity index (χ4n) is 4.79. The van der Waals surface area contributed by atoms with Crippen molar-refractivity contribution in [3.63, 3.8) is 0 Å². The molecule has 0 aliphatic carbocycles. The highest BCUT2D eigenvalue weighted by molar-refractivity contribution is 6.35. The first-order valence-electron chi connectivity index (χ1n) is 13.6. The van der Waals surface area contributed by atoms with Gasteiger partial charge in [-0.25, -0.2) is 9.78 Å². The number of aromatic amines is 1. The van der Waals surface area contributed by atoms with Crippen molar-refractivity contribution < 1.29 is 27.6 Å². The maximum absolute atomic E-state index is 13.6. The predicted octanol–water partition coefficient (Wildman–Crippen LogP) is 6.92. The molecular formula is C32H24F3N7O3. The third-order valence-electron chi connectivity index (χ3n) is 6.88. The van der Waals surface area contributed by atoms with Gasteiger partial charge in [0, 0.05) is 52.0 Å². The molecule has 3 aromatic carbocycles. The van der Waals surface area contributed by atoms with Crippen molar-refractivity contribution in [2.75, 3.05) is 21.3 Å². The number of anilines is 4. The molecule has 6 rings (SSSR count). The number of carbonyl (C=O) groups excluding carboxylic acids is 3. The molecule has 1 aliphatic rings. The molecule has 0 atom stereocenters. The molecule has 4 amide bonds. The summed E-state index contributed by atoms with van der Waals surface area (Å²) >= 11 is 0. The Kier molecular flexibility index (Phi) is 7.42. The normalized spacial score (nSPS) is 13.3. The lowest BCUT2D eigenvalue weighted by Gasteiger charge is -2.14. The molecule has 3 heterocycles. The molecule has 5 aromatic rings. The number of H-pyrrole nitrogens is 1. The number of nitrogens with one attached hydrogen (secondary N) is 5. The zero-order chi connectivity index (χ0) is 31.7. The van der Waals surface area contributed by atoms with Crippen LogP contribution in [0.5, 0.6) is 0 Å². The quantitative estimate of drug-likeness (QED) is 0.133. The molecule has 0 saturated heterocycles. The van der Waals surface area contributed by atoms with Crippen LogP contribution in [0.3, 0.4) is 0 Å². The van der Waals surface area contributed by atoms with Crippen LogP contribution in [0.25, 0.3) is 17.3 Å². The number of hydrogen-bond donors (Lipinski definition) is 5. The molecule has 0 bridgehead atoms. The average molecular weight is 612 g/mol. The number of amides is 4. The summed E-state index contributed by atoms with van der Waals surface area (Å²) in [5.74, 6) is -1.04. The van der Waals surface area contributed by atoms with Crippen LogP contribution in [-0.2, 0) is 11.0 Å². The Morgan fingerprint density at radius 3 is 2.36 bits per heavy atom. The maximum atomic E-state index is 13.6. The number of imidazole rings is 1. The number of nitrogens with zero attached hydrogens (tertiary/aromatic N) is 2. The first-order valence-corrected chi connectivity index (χ1v) is 13.6. The van der Waals surface area contributed by atoms with Crippen molar-refractivity contribution in [1.82, 2.24) is 14.5 Å². The number of aromatic nitrogens is 3. The second kappa shape index (κ2) is 11.5. The third-order valence-corrected chi connectivity index (χ3v) is 6.88. The lowest BCUT2D eigenvalue weighted by molar-refractivity contribution is -0.137. The van der Waals surface area contributed by atoms with Gasteiger partial charge in [-0.05, 0) is 73.7 Å². The Morgan fingerprint density at radius 2 is 1.67 bits per heavy atom. The molecule has 226 valence electrons. The summed E-state index contributed by atoms with van der Waals surface area (Å²) in [7, 11) is 0. The van der Waals surface area contributed by atoms with Crippen LogP contribution in [0.1, 0.15) is 32.9 Å². The van der Waals surface area contributed by atoms with Crippen molar-refractivity contribution in [3.05, 3.63) is 120 Å². The number of carbonyl (C=O) groups is 3. The summed E-state index contributed by atoms with van der Waals surface area (Å²) in [6.07, 6.45) is 1.73. The van der Waals surface area contributed by atoms with Crippen LogP contribution in [0.2, 0.25) is 0 Å². The minimum absolute atomic E-state index is 0.126. The van der Waals surface area contributed by atoms with E-state index in [0.29, 0.717) is 33.9 Å². The highest BCUT2D eigenvalue weighted by atomic mass is 19.4. The molecule has 0 unspecified atom stereocenters. The third kappa shape index (κ3) is 6.46.